The van der Waals surface area contributed by atoms with Crippen molar-refractivity contribution in [1.29, 1.82) is 0 Å². The summed E-state index contributed by atoms with van der Waals surface area (Å²) in [5.41, 5.74) is 0.514. The fourth-order valence-corrected chi connectivity index (χ4v) is 2.87. The highest BCUT2D eigenvalue weighted by atomic mass is 19.3. The second kappa shape index (κ2) is 11.2. The molecule has 0 bridgehead atoms. The molecule has 0 aliphatic heterocycles. The van der Waals surface area contributed by atoms with E-state index >= 15 is 0 Å². The minimum absolute atomic E-state index is 0.191. The molecule has 2 aromatic carbocycles. The Bertz CT molecular complexity index is 1310. The van der Waals surface area contributed by atoms with Gasteiger partial charge in [-0.15, -0.1) is 17.6 Å². The monoisotopic (exact) mass is 570 g/mol. The number of carbonyl (C=O) groups excluding carboxylic acids is 1. The summed E-state index contributed by atoms with van der Waals surface area (Å²) in [6.07, 6.45) is -21.8. The average Bonchev–Trinajstić information content (AvgIpc) is 3.23. The third kappa shape index (κ3) is 8.94. The summed E-state index contributed by atoms with van der Waals surface area (Å²) in [7, 11) is 0. The number of hydrogen-bond donors (Lipinski definition) is 0. The second-order valence-electron chi connectivity index (χ2n) is 7.83. The zero-order chi connectivity index (χ0) is 29.1. The van der Waals surface area contributed by atoms with E-state index in [9.17, 15) is 39.9 Å². The van der Waals surface area contributed by atoms with Crippen LogP contribution in [0.1, 0.15) is 6.92 Å². The van der Waals surface area contributed by atoms with E-state index in [4.69, 9.17) is 9.15 Å². The Balaban J connectivity index is 1.58. The van der Waals surface area contributed by atoms with Crippen LogP contribution in [0.25, 0.3) is 22.3 Å². The van der Waals surface area contributed by atoms with Crippen LogP contribution in [0.4, 0.5) is 35.1 Å². The molecule has 1 aromatic heterocycles. The molecule has 0 saturated heterocycles. The van der Waals surface area contributed by atoms with E-state index in [0.717, 1.165) is 13.0 Å². The Labute approximate surface area is 214 Å². The van der Waals surface area contributed by atoms with E-state index in [1.165, 1.54) is 12.1 Å². The van der Waals surface area contributed by atoms with Gasteiger partial charge in [0.15, 0.2) is 13.2 Å². The third-order valence-corrected chi connectivity index (χ3v) is 4.45. The fraction of sp³-hybridized carbons (Fsp3) is 0.292. The van der Waals surface area contributed by atoms with E-state index in [-0.39, 0.29) is 16.9 Å². The maximum atomic E-state index is 13.9. The molecule has 0 atom stereocenters. The zero-order valence-electron chi connectivity index (χ0n) is 19.7. The van der Waals surface area contributed by atoms with Gasteiger partial charge in [0.25, 0.3) is 0 Å². The summed E-state index contributed by atoms with van der Waals surface area (Å²) in [6, 6.07) is 14.2. The molecular weight excluding hydrogens is 552 g/mol. The van der Waals surface area contributed by atoms with Gasteiger partial charge in [0.05, 0.1) is 0 Å². The molecule has 0 unspecified atom stereocenters. The number of halogens is 8. The van der Waals surface area contributed by atoms with Gasteiger partial charge in [-0.1, -0.05) is 36.9 Å². The van der Waals surface area contributed by atoms with E-state index in [1.807, 2.05) is 0 Å². The molecule has 0 aliphatic carbocycles. The van der Waals surface area contributed by atoms with Crippen molar-refractivity contribution in [1.82, 2.24) is 0 Å². The van der Waals surface area contributed by atoms with Crippen LogP contribution in [0.15, 0.2) is 71.2 Å². The lowest BCUT2D eigenvalue weighted by atomic mass is 10.1. The molecule has 0 spiro atoms. The largest absolute Gasteiger partial charge is 0.496 e. The van der Waals surface area contributed by atoms with Gasteiger partial charge in [-0.25, -0.2) is 19.0 Å². The summed E-state index contributed by atoms with van der Waals surface area (Å²) in [5, 5.41) is 0.553. The summed E-state index contributed by atoms with van der Waals surface area (Å²) in [6.45, 7) is -0.00152. The molecular formula is C24H18F8O7. The van der Waals surface area contributed by atoms with Crippen LogP contribution in [0.2, 0.25) is 0 Å². The zero-order valence-corrected chi connectivity index (χ0v) is 19.7. The Kier molecular flexibility index (Phi) is 8.57. The van der Waals surface area contributed by atoms with Crippen molar-refractivity contribution < 1.29 is 68.0 Å². The first-order valence-corrected chi connectivity index (χ1v) is 10.6. The number of furan rings is 1. The van der Waals surface area contributed by atoms with Crippen LogP contribution in [0, 0.1) is 0 Å². The molecule has 0 fully saturated rings. The lowest BCUT2D eigenvalue weighted by Crippen LogP contribution is -2.46. The van der Waals surface area contributed by atoms with Gasteiger partial charge in [0.1, 0.15) is 17.1 Å². The normalized spacial score (nSPS) is 12.9. The minimum atomic E-state index is -5.87. The number of esters is 1. The third-order valence-electron chi connectivity index (χ3n) is 4.45. The molecule has 0 aliphatic rings. The molecule has 7 nitrogen and oxygen atoms in total. The second-order valence-corrected chi connectivity index (χ2v) is 7.83. The van der Waals surface area contributed by atoms with Gasteiger partial charge in [0, 0.05) is 22.6 Å². The number of alkyl halides is 8. The van der Waals surface area contributed by atoms with Crippen LogP contribution >= 0.6 is 0 Å². The lowest BCUT2D eigenvalue weighted by molar-refractivity contribution is -0.574. The Morgan fingerprint density at radius 2 is 1.41 bits per heavy atom. The SMILES string of the molecule is C=C(C)C(=O)OCC(F)(F)OC(F)(F)OC(F)(F)OC(F)(F)COc1ccc2cc(-c3ccccc3)oc2c1. The molecule has 0 saturated carbocycles. The molecule has 0 radical (unpaired) electrons. The lowest BCUT2D eigenvalue weighted by Gasteiger charge is -2.27. The van der Waals surface area contributed by atoms with Crippen molar-refractivity contribution in [3.8, 4) is 17.1 Å². The molecule has 39 heavy (non-hydrogen) atoms. The Hall–Kier alpha value is -3.69. The molecule has 3 rings (SSSR count). The number of carbonyl (C=O) groups is 1. The summed E-state index contributed by atoms with van der Waals surface area (Å²) < 4.78 is 131. The molecule has 0 amide bonds. The van der Waals surface area contributed by atoms with Crippen LogP contribution < -0.4 is 4.74 Å². The van der Waals surface area contributed by atoms with Crippen molar-refractivity contribution in [2.45, 2.75) is 31.7 Å². The van der Waals surface area contributed by atoms with Crippen molar-refractivity contribution in [3.05, 3.63) is 66.7 Å². The number of fused-ring (bicyclic) bond motifs is 1. The topological polar surface area (TPSA) is 76.4 Å². The molecule has 0 N–H and O–H groups in total. The van der Waals surface area contributed by atoms with E-state index in [2.05, 4.69) is 25.5 Å². The highest BCUT2D eigenvalue weighted by molar-refractivity contribution is 5.87. The highest BCUT2D eigenvalue weighted by Gasteiger charge is 2.57. The standard InChI is InChI=1S/C24H18F8O7/c1-14(2)20(33)35-13-22(27,28)38-24(31,32)39-23(29,30)37-21(25,26)12-34-17-9-8-16-10-18(36-19(16)11-17)15-6-4-3-5-7-15/h3-11H,1,12-13H2,2H3. The quantitative estimate of drug-likeness (QED) is 0.0955. The van der Waals surface area contributed by atoms with Crippen LogP contribution in [-0.2, 0) is 23.7 Å². The van der Waals surface area contributed by atoms with Gasteiger partial charge in [-0.05, 0) is 25.1 Å². The van der Waals surface area contributed by atoms with Gasteiger partial charge >= 0.3 is 30.8 Å². The number of rotatable bonds is 13. The fourth-order valence-electron chi connectivity index (χ4n) is 2.87. The molecule has 15 heteroatoms. The Morgan fingerprint density at radius 3 is 2.00 bits per heavy atom. The Morgan fingerprint density at radius 1 is 0.821 bits per heavy atom. The first kappa shape index (κ1) is 29.9. The summed E-state index contributed by atoms with van der Waals surface area (Å²) in [4.78, 5) is 11.1. The van der Waals surface area contributed by atoms with Crippen molar-refractivity contribution >= 4 is 16.9 Å². The summed E-state index contributed by atoms with van der Waals surface area (Å²) in [5.74, 6) is -1.28. The average molecular weight is 570 g/mol. The van der Waals surface area contributed by atoms with Crippen molar-refractivity contribution in [2.75, 3.05) is 13.2 Å². The minimum Gasteiger partial charge on any atom is -0.484 e. The maximum Gasteiger partial charge on any atom is 0.496 e. The van der Waals surface area contributed by atoms with E-state index in [1.54, 1.807) is 36.4 Å². The molecule has 1 heterocycles. The van der Waals surface area contributed by atoms with E-state index in [0.29, 0.717) is 16.7 Å². The van der Waals surface area contributed by atoms with Crippen molar-refractivity contribution in [3.63, 3.8) is 0 Å². The van der Waals surface area contributed by atoms with Crippen LogP contribution in [0.3, 0.4) is 0 Å². The number of benzene rings is 2. The summed E-state index contributed by atoms with van der Waals surface area (Å²) >= 11 is 0. The van der Waals surface area contributed by atoms with Gasteiger partial charge < -0.3 is 13.9 Å². The molecule has 3 aromatic rings. The number of hydrogen-bond acceptors (Lipinski definition) is 7. The smallest absolute Gasteiger partial charge is 0.484 e. The highest BCUT2D eigenvalue weighted by Crippen LogP contribution is 2.37. The first-order chi connectivity index (χ1) is 18.0. The molecule has 212 valence electrons. The van der Waals surface area contributed by atoms with Gasteiger partial charge in [-0.2, -0.15) is 17.6 Å². The van der Waals surface area contributed by atoms with Crippen molar-refractivity contribution in [2.24, 2.45) is 0 Å². The maximum absolute atomic E-state index is 13.9. The number of ether oxygens (including phenoxy) is 5. The van der Waals surface area contributed by atoms with Gasteiger partial charge in [0.2, 0.25) is 0 Å². The van der Waals surface area contributed by atoms with E-state index < -0.39 is 44.0 Å². The first-order valence-electron chi connectivity index (χ1n) is 10.6. The van der Waals surface area contributed by atoms with Crippen LogP contribution in [0.5, 0.6) is 5.75 Å². The predicted octanol–water partition coefficient (Wildman–Crippen LogP) is 6.93. The van der Waals surface area contributed by atoms with Crippen LogP contribution in [-0.4, -0.2) is 44.0 Å². The predicted molar refractivity (Wildman–Crippen MR) is 116 cm³/mol. The van der Waals surface area contributed by atoms with Gasteiger partial charge in [-0.3, -0.25) is 0 Å².